The molecule has 0 spiro atoms. The van der Waals surface area contributed by atoms with Crippen molar-refractivity contribution in [2.45, 2.75) is 11.0 Å². The number of halogens is 1. The van der Waals surface area contributed by atoms with E-state index in [2.05, 4.69) is 4.74 Å². The Labute approximate surface area is 91.2 Å². The molecule has 0 aliphatic heterocycles. The van der Waals surface area contributed by atoms with Gasteiger partial charge in [-0.15, -0.1) is 11.8 Å². The molecule has 82 valence electrons. The van der Waals surface area contributed by atoms with E-state index in [0.29, 0.717) is 4.90 Å². The standard InChI is InChI=1S/C10H11FO3S/c1-14-10(13)9(12)7-5-6(11)3-4-8(7)15-2/h3-5,9,12H,1-2H3. The highest BCUT2D eigenvalue weighted by molar-refractivity contribution is 7.98. The largest absolute Gasteiger partial charge is 0.467 e. The lowest BCUT2D eigenvalue weighted by Gasteiger charge is -2.12. The zero-order chi connectivity index (χ0) is 11.4. The molecule has 3 nitrogen and oxygen atoms in total. The average Bonchev–Trinajstić information content (AvgIpc) is 2.27. The summed E-state index contributed by atoms with van der Waals surface area (Å²) in [6.45, 7) is 0. The zero-order valence-corrected chi connectivity index (χ0v) is 9.18. The maximum atomic E-state index is 12.9. The van der Waals surface area contributed by atoms with Gasteiger partial charge in [-0.3, -0.25) is 0 Å². The molecule has 1 unspecified atom stereocenters. The van der Waals surface area contributed by atoms with Gasteiger partial charge in [0, 0.05) is 10.5 Å². The van der Waals surface area contributed by atoms with Gasteiger partial charge in [-0.25, -0.2) is 9.18 Å². The molecule has 1 aromatic carbocycles. The fraction of sp³-hybridized carbons (Fsp3) is 0.300. The van der Waals surface area contributed by atoms with E-state index in [9.17, 15) is 14.3 Å². The molecule has 5 heteroatoms. The highest BCUT2D eigenvalue weighted by Gasteiger charge is 2.21. The number of aliphatic hydroxyl groups excluding tert-OH is 1. The molecule has 0 bridgehead atoms. The lowest BCUT2D eigenvalue weighted by Crippen LogP contribution is -2.14. The Hall–Kier alpha value is -1.07. The van der Waals surface area contributed by atoms with Crippen molar-refractivity contribution in [3.05, 3.63) is 29.6 Å². The van der Waals surface area contributed by atoms with Crippen LogP contribution in [0.4, 0.5) is 4.39 Å². The maximum absolute atomic E-state index is 12.9. The summed E-state index contributed by atoms with van der Waals surface area (Å²) in [5, 5.41) is 9.57. The predicted octanol–water partition coefficient (Wildman–Crippen LogP) is 1.75. The Kier molecular flexibility index (Phi) is 4.11. The van der Waals surface area contributed by atoms with Gasteiger partial charge in [0.05, 0.1) is 7.11 Å². The van der Waals surface area contributed by atoms with Crippen molar-refractivity contribution in [2.75, 3.05) is 13.4 Å². The summed E-state index contributed by atoms with van der Waals surface area (Å²) in [5.41, 5.74) is 0.231. The van der Waals surface area contributed by atoms with Gasteiger partial charge in [0.1, 0.15) is 5.82 Å². The monoisotopic (exact) mass is 230 g/mol. The number of carbonyl (C=O) groups excluding carboxylic acids is 1. The SMILES string of the molecule is COC(=O)C(O)c1cc(F)ccc1SC. The van der Waals surface area contributed by atoms with Crippen LogP contribution in [0.15, 0.2) is 23.1 Å². The minimum Gasteiger partial charge on any atom is -0.467 e. The second-order valence-corrected chi connectivity index (χ2v) is 3.66. The normalized spacial score (nSPS) is 12.3. The molecule has 0 aliphatic carbocycles. The van der Waals surface area contributed by atoms with E-state index in [1.165, 1.54) is 31.0 Å². The average molecular weight is 230 g/mol. The molecule has 1 N–H and O–H groups in total. The first-order chi connectivity index (χ1) is 7.10. The van der Waals surface area contributed by atoms with E-state index in [0.717, 1.165) is 6.07 Å². The number of ether oxygens (including phenoxy) is 1. The molecule has 0 heterocycles. The minimum absolute atomic E-state index is 0.231. The number of esters is 1. The van der Waals surface area contributed by atoms with E-state index >= 15 is 0 Å². The third-order valence-corrected chi connectivity index (χ3v) is 2.72. The molecule has 0 saturated carbocycles. The first-order valence-corrected chi connectivity index (χ1v) is 5.42. The van der Waals surface area contributed by atoms with Crippen LogP contribution in [0.5, 0.6) is 0 Å². The second kappa shape index (κ2) is 5.14. The molecule has 0 fully saturated rings. The molecule has 1 rings (SSSR count). The Bertz CT molecular complexity index is 368. The summed E-state index contributed by atoms with van der Waals surface area (Å²) in [7, 11) is 1.17. The number of benzene rings is 1. The van der Waals surface area contributed by atoms with E-state index in [1.54, 1.807) is 6.26 Å². The molecular weight excluding hydrogens is 219 g/mol. The van der Waals surface area contributed by atoms with Crippen molar-refractivity contribution in [3.8, 4) is 0 Å². The van der Waals surface area contributed by atoms with Crippen LogP contribution >= 0.6 is 11.8 Å². The highest BCUT2D eigenvalue weighted by atomic mass is 32.2. The quantitative estimate of drug-likeness (QED) is 0.635. The van der Waals surface area contributed by atoms with E-state index in [-0.39, 0.29) is 5.56 Å². The number of thioether (sulfide) groups is 1. The van der Waals surface area contributed by atoms with Crippen LogP contribution in [0.25, 0.3) is 0 Å². The Balaban J connectivity index is 3.10. The molecule has 1 atom stereocenters. The minimum atomic E-state index is -1.44. The van der Waals surface area contributed by atoms with Gasteiger partial charge in [0.15, 0.2) is 6.10 Å². The van der Waals surface area contributed by atoms with Gasteiger partial charge in [0.2, 0.25) is 0 Å². The number of aliphatic hydroxyl groups is 1. The van der Waals surface area contributed by atoms with Crippen LogP contribution in [-0.4, -0.2) is 24.4 Å². The molecule has 0 aliphatic rings. The third-order valence-electron chi connectivity index (χ3n) is 1.91. The van der Waals surface area contributed by atoms with Crippen LogP contribution in [0.2, 0.25) is 0 Å². The van der Waals surface area contributed by atoms with Crippen molar-refractivity contribution in [3.63, 3.8) is 0 Å². The number of carbonyl (C=O) groups is 1. The van der Waals surface area contributed by atoms with Gasteiger partial charge in [-0.2, -0.15) is 0 Å². The van der Waals surface area contributed by atoms with Crippen LogP contribution in [0.1, 0.15) is 11.7 Å². The predicted molar refractivity (Wildman–Crippen MR) is 55.2 cm³/mol. The van der Waals surface area contributed by atoms with E-state index in [1.807, 2.05) is 0 Å². The summed E-state index contributed by atoms with van der Waals surface area (Å²) in [4.78, 5) is 11.7. The molecule has 15 heavy (non-hydrogen) atoms. The van der Waals surface area contributed by atoms with E-state index in [4.69, 9.17) is 0 Å². The number of hydrogen-bond donors (Lipinski definition) is 1. The molecule has 0 radical (unpaired) electrons. The van der Waals surface area contributed by atoms with Gasteiger partial charge >= 0.3 is 5.97 Å². The number of hydrogen-bond acceptors (Lipinski definition) is 4. The van der Waals surface area contributed by atoms with Crippen LogP contribution in [0, 0.1) is 5.82 Å². The summed E-state index contributed by atoms with van der Waals surface area (Å²) in [5.74, 6) is -1.29. The van der Waals surface area contributed by atoms with Crippen LogP contribution in [-0.2, 0) is 9.53 Å². The summed E-state index contributed by atoms with van der Waals surface area (Å²) >= 11 is 1.33. The van der Waals surface area contributed by atoms with Crippen molar-refractivity contribution < 1.29 is 19.0 Å². The lowest BCUT2D eigenvalue weighted by molar-refractivity contribution is -0.150. The first-order valence-electron chi connectivity index (χ1n) is 4.19. The molecule has 1 aromatic rings. The smallest absolute Gasteiger partial charge is 0.339 e. The van der Waals surface area contributed by atoms with Gasteiger partial charge < -0.3 is 9.84 Å². The van der Waals surface area contributed by atoms with Crippen molar-refractivity contribution in [1.29, 1.82) is 0 Å². The Morgan fingerprint density at radius 1 is 1.60 bits per heavy atom. The first kappa shape index (κ1) is 12.0. The number of methoxy groups -OCH3 is 1. The summed E-state index contributed by atoms with van der Waals surface area (Å²) in [6.07, 6.45) is 0.342. The molecular formula is C10H11FO3S. The fourth-order valence-electron chi connectivity index (χ4n) is 1.16. The fourth-order valence-corrected chi connectivity index (χ4v) is 1.77. The van der Waals surface area contributed by atoms with Crippen LogP contribution in [0.3, 0.4) is 0 Å². The molecule has 0 aromatic heterocycles. The second-order valence-electron chi connectivity index (χ2n) is 2.81. The van der Waals surface area contributed by atoms with Gasteiger partial charge in [-0.1, -0.05) is 0 Å². The number of rotatable bonds is 3. The van der Waals surface area contributed by atoms with Crippen molar-refractivity contribution in [1.82, 2.24) is 0 Å². The molecule has 0 amide bonds. The Morgan fingerprint density at radius 3 is 2.80 bits per heavy atom. The van der Waals surface area contributed by atoms with Crippen LogP contribution < -0.4 is 0 Å². The van der Waals surface area contributed by atoms with Crippen molar-refractivity contribution >= 4 is 17.7 Å². The molecule has 0 saturated heterocycles. The lowest BCUT2D eigenvalue weighted by atomic mass is 10.1. The van der Waals surface area contributed by atoms with E-state index < -0.39 is 17.9 Å². The van der Waals surface area contributed by atoms with Gasteiger partial charge in [-0.05, 0) is 24.5 Å². The third kappa shape index (κ3) is 2.70. The zero-order valence-electron chi connectivity index (χ0n) is 8.36. The summed E-state index contributed by atoms with van der Waals surface area (Å²) < 4.78 is 17.3. The summed E-state index contributed by atoms with van der Waals surface area (Å²) in [6, 6.07) is 3.92. The maximum Gasteiger partial charge on any atom is 0.339 e. The topological polar surface area (TPSA) is 46.5 Å². The Morgan fingerprint density at radius 2 is 2.27 bits per heavy atom. The van der Waals surface area contributed by atoms with Crippen molar-refractivity contribution in [2.24, 2.45) is 0 Å². The van der Waals surface area contributed by atoms with Gasteiger partial charge in [0.25, 0.3) is 0 Å². The highest BCUT2D eigenvalue weighted by Crippen LogP contribution is 2.27.